The zero-order valence-electron chi connectivity index (χ0n) is 22.3. The van der Waals surface area contributed by atoms with E-state index in [1.165, 1.54) is 27.8 Å². The van der Waals surface area contributed by atoms with Crippen LogP contribution in [0, 0.1) is 0 Å². The molecule has 1 aliphatic heterocycles. The number of amides is 1. The molecular formula is C27H33F3N4O3S2. The SMILES string of the molecule is CC.CC(C)c1ccc(S(=O)(=O)N2CCN(c3nccs3)CC2C(=O)NCc2ccc(C(F)(F)F)cc2)cc1. The molecule has 0 spiro atoms. The Morgan fingerprint density at radius 1 is 1.08 bits per heavy atom. The Morgan fingerprint density at radius 2 is 1.72 bits per heavy atom. The summed E-state index contributed by atoms with van der Waals surface area (Å²) in [5, 5.41) is 5.18. The van der Waals surface area contributed by atoms with E-state index < -0.39 is 33.7 Å². The topological polar surface area (TPSA) is 82.6 Å². The van der Waals surface area contributed by atoms with Crippen LogP contribution in [-0.4, -0.2) is 49.3 Å². The van der Waals surface area contributed by atoms with Crippen LogP contribution in [0.4, 0.5) is 18.3 Å². The van der Waals surface area contributed by atoms with Crippen LogP contribution in [0.3, 0.4) is 0 Å². The van der Waals surface area contributed by atoms with Crippen molar-refractivity contribution in [2.45, 2.75) is 57.3 Å². The van der Waals surface area contributed by atoms with Gasteiger partial charge in [0, 0.05) is 37.8 Å². The van der Waals surface area contributed by atoms with Crippen molar-refractivity contribution in [2.24, 2.45) is 0 Å². The highest BCUT2D eigenvalue weighted by molar-refractivity contribution is 7.89. The van der Waals surface area contributed by atoms with Gasteiger partial charge in [-0.25, -0.2) is 13.4 Å². The number of hydrogen-bond acceptors (Lipinski definition) is 6. The summed E-state index contributed by atoms with van der Waals surface area (Å²) in [6.07, 6.45) is -2.82. The van der Waals surface area contributed by atoms with E-state index in [4.69, 9.17) is 0 Å². The molecule has 1 N–H and O–H groups in total. The molecule has 1 atom stereocenters. The van der Waals surface area contributed by atoms with Gasteiger partial charge in [0.1, 0.15) is 6.04 Å². The summed E-state index contributed by atoms with van der Waals surface area (Å²) in [5.74, 6) is -0.300. The molecule has 212 valence electrons. The van der Waals surface area contributed by atoms with Crippen LogP contribution in [0.1, 0.15) is 50.3 Å². The first kappa shape index (κ1) is 30.6. The number of carbonyl (C=O) groups excluding carboxylic acids is 1. The van der Waals surface area contributed by atoms with E-state index in [9.17, 15) is 26.4 Å². The minimum absolute atomic E-state index is 0.0400. The maximum absolute atomic E-state index is 13.6. The van der Waals surface area contributed by atoms with Crippen molar-refractivity contribution in [3.05, 3.63) is 76.8 Å². The minimum atomic E-state index is -4.45. The van der Waals surface area contributed by atoms with Gasteiger partial charge in [0.15, 0.2) is 5.13 Å². The Labute approximate surface area is 231 Å². The summed E-state index contributed by atoms with van der Waals surface area (Å²) >= 11 is 1.39. The van der Waals surface area contributed by atoms with Crippen molar-refractivity contribution in [1.29, 1.82) is 0 Å². The molecule has 0 radical (unpaired) electrons. The van der Waals surface area contributed by atoms with Crippen molar-refractivity contribution in [3.63, 3.8) is 0 Å². The molecule has 1 aromatic heterocycles. The molecule has 0 aliphatic carbocycles. The zero-order valence-corrected chi connectivity index (χ0v) is 23.9. The Morgan fingerprint density at radius 3 is 2.26 bits per heavy atom. The number of aromatic nitrogens is 1. The monoisotopic (exact) mass is 582 g/mol. The van der Waals surface area contributed by atoms with Crippen LogP contribution in [0.2, 0.25) is 0 Å². The lowest BCUT2D eigenvalue weighted by Gasteiger charge is -2.39. The Hall–Kier alpha value is -2.96. The fourth-order valence-corrected chi connectivity index (χ4v) is 6.34. The largest absolute Gasteiger partial charge is 0.416 e. The predicted octanol–water partition coefficient (Wildman–Crippen LogP) is 5.51. The summed E-state index contributed by atoms with van der Waals surface area (Å²) in [5.41, 5.74) is 0.681. The van der Waals surface area contributed by atoms with E-state index in [0.29, 0.717) is 17.2 Å². The molecule has 0 bridgehead atoms. The van der Waals surface area contributed by atoms with Gasteiger partial charge in [-0.15, -0.1) is 11.3 Å². The number of halogens is 3. The third kappa shape index (κ3) is 7.37. The predicted molar refractivity (Wildman–Crippen MR) is 147 cm³/mol. The molecule has 1 unspecified atom stereocenters. The standard InChI is InChI=1S/C25H27F3N4O3S2.C2H6/c1-17(2)19-5-9-21(10-6-19)37(34,35)32-13-12-31(24-29-11-14-36-24)16-22(32)23(33)30-15-18-3-7-20(8-4-18)25(26,27)28;1-2/h3-11,14,17,22H,12-13,15-16H2,1-2H3,(H,30,33);1-2H3. The number of nitrogens with one attached hydrogen (secondary N) is 1. The summed E-state index contributed by atoms with van der Waals surface area (Å²) < 4.78 is 66.9. The van der Waals surface area contributed by atoms with E-state index in [1.807, 2.05) is 32.6 Å². The smallest absolute Gasteiger partial charge is 0.351 e. The zero-order chi connectivity index (χ0) is 28.8. The van der Waals surface area contributed by atoms with E-state index in [2.05, 4.69) is 10.3 Å². The van der Waals surface area contributed by atoms with Crippen molar-refractivity contribution < 1.29 is 26.4 Å². The fraction of sp³-hybridized carbons (Fsp3) is 0.407. The van der Waals surface area contributed by atoms with Gasteiger partial charge in [0.05, 0.1) is 10.5 Å². The van der Waals surface area contributed by atoms with Crippen molar-refractivity contribution in [1.82, 2.24) is 14.6 Å². The van der Waals surface area contributed by atoms with Gasteiger partial charge in [0.25, 0.3) is 0 Å². The highest BCUT2D eigenvalue weighted by Crippen LogP contribution is 2.30. The average molecular weight is 583 g/mol. The maximum Gasteiger partial charge on any atom is 0.416 e. The molecule has 1 saturated heterocycles. The minimum Gasteiger partial charge on any atom is -0.351 e. The fourth-order valence-electron chi connectivity index (χ4n) is 4.09. The molecule has 7 nitrogen and oxygen atoms in total. The molecule has 1 aliphatic rings. The number of hydrogen-bond donors (Lipinski definition) is 1. The van der Waals surface area contributed by atoms with Crippen molar-refractivity contribution in [2.75, 3.05) is 24.5 Å². The number of carbonyl (C=O) groups is 1. The van der Waals surface area contributed by atoms with Gasteiger partial charge in [-0.1, -0.05) is 52.0 Å². The van der Waals surface area contributed by atoms with Crippen LogP contribution in [0.25, 0.3) is 0 Å². The third-order valence-electron chi connectivity index (χ3n) is 6.23. The number of benzene rings is 2. The second-order valence-corrected chi connectivity index (χ2v) is 11.8. The summed E-state index contributed by atoms with van der Waals surface area (Å²) in [6, 6.07) is 10.1. The summed E-state index contributed by atoms with van der Waals surface area (Å²) in [6.45, 7) is 8.51. The van der Waals surface area contributed by atoms with E-state index in [0.717, 1.165) is 17.7 Å². The molecule has 2 aromatic carbocycles. The Balaban J connectivity index is 0.00000205. The molecule has 3 aromatic rings. The Kier molecular flexibility index (Phi) is 10.1. The molecule has 39 heavy (non-hydrogen) atoms. The first-order valence-electron chi connectivity index (χ1n) is 12.7. The van der Waals surface area contributed by atoms with Crippen molar-refractivity contribution in [3.8, 4) is 0 Å². The van der Waals surface area contributed by atoms with Crippen LogP contribution < -0.4 is 10.2 Å². The number of alkyl halides is 3. The number of piperazine rings is 1. The first-order chi connectivity index (χ1) is 18.5. The number of rotatable bonds is 7. The Bertz CT molecular complexity index is 1310. The highest BCUT2D eigenvalue weighted by atomic mass is 32.2. The number of thiazole rings is 1. The summed E-state index contributed by atoms with van der Waals surface area (Å²) in [7, 11) is -3.99. The van der Waals surface area contributed by atoms with E-state index >= 15 is 0 Å². The second-order valence-electron chi connectivity index (χ2n) is 9.03. The van der Waals surface area contributed by atoms with Crippen molar-refractivity contribution >= 4 is 32.4 Å². The summed E-state index contributed by atoms with van der Waals surface area (Å²) in [4.78, 5) is 19.5. The second kappa shape index (κ2) is 12.9. The van der Waals surface area contributed by atoms with Gasteiger partial charge in [-0.05, 0) is 41.3 Å². The van der Waals surface area contributed by atoms with E-state index in [-0.39, 0.29) is 30.4 Å². The van der Waals surface area contributed by atoms with Crippen LogP contribution in [0.15, 0.2) is 65.0 Å². The molecular weight excluding hydrogens is 549 g/mol. The number of sulfonamides is 1. The third-order valence-corrected chi connectivity index (χ3v) is 8.98. The van der Waals surface area contributed by atoms with E-state index in [1.54, 1.807) is 35.8 Å². The van der Waals surface area contributed by atoms with Gasteiger partial charge in [-0.3, -0.25) is 4.79 Å². The normalized spacial score (nSPS) is 16.5. The molecule has 0 saturated carbocycles. The van der Waals surface area contributed by atoms with Gasteiger partial charge in [0.2, 0.25) is 15.9 Å². The lowest BCUT2D eigenvalue weighted by molar-refractivity contribution is -0.137. The lowest BCUT2D eigenvalue weighted by atomic mass is 10.0. The van der Waals surface area contributed by atoms with Gasteiger partial charge >= 0.3 is 6.18 Å². The molecule has 1 fully saturated rings. The van der Waals surface area contributed by atoms with Crippen LogP contribution in [-0.2, 0) is 27.5 Å². The van der Waals surface area contributed by atoms with Crippen LogP contribution >= 0.6 is 11.3 Å². The van der Waals surface area contributed by atoms with Gasteiger partial charge in [-0.2, -0.15) is 17.5 Å². The number of anilines is 1. The quantitative estimate of drug-likeness (QED) is 0.398. The molecule has 1 amide bonds. The first-order valence-corrected chi connectivity index (χ1v) is 15.0. The highest BCUT2D eigenvalue weighted by Gasteiger charge is 2.40. The molecule has 2 heterocycles. The maximum atomic E-state index is 13.6. The average Bonchev–Trinajstić information content (AvgIpc) is 3.47. The molecule has 4 rings (SSSR count). The van der Waals surface area contributed by atoms with Crippen LogP contribution in [0.5, 0.6) is 0 Å². The van der Waals surface area contributed by atoms with Gasteiger partial charge < -0.3 is 10.2 Å². The molecule has 12 heteroatoms. The lowest BCUT2D eigenvalue weighted by Crippen LogP contribution is -2.60. The number of nitrogens with zero attached hydrogens (tertiary/aromatic N) is 3.